The summed E-state index contributed by atoms with van der Waals surface area (Å²) in [6.07, 6.45) is 1.07. The minimum Gasteiger partial charge on any atom is -0.395 e. The fraction of sp³-hybridized carbons (Fsp3) is 0.571. The van der Waals surface area contributed by atoms with E-state index in [1.165, 1.54) is 11.3 Å². The van der Waals surface area contributed by atoms with Crippen LogP contribution in [0.3, 0.4) is 0 Å². The predicted molar refractivity (Wildman–Crippen MR) is 76.5 cm³/mol. The molecule has 0 spiro atoms. The molecule has 1 fully saturated rings. The molecule has 2 rings (SSSR count). The van der Waals surface area contributed by atoms with E-state index >= 15 is 0 Å². The van der Waals surface area contributed by atoms with Gasteiger partial charge in [-0.25, -0.2) is 0 Å². The number of aliphatic hydroxyl groups is 1. The Labute approximate surface area is 114 Å². The van der Waals surface area contributed by atoms with Gasteiger partial charge in [-0.2, -0.15) is 0 Å². The van der Waals surface area contributed by atoms with E-state index < -0.39 is 0 Å². The predicted octanol–water partition coefficient (Wildman–Crippen LogP) is 2.20. The molecular weight excluding hydrogens is 248 g/mol. The second-order valence-corrected chi connectivity index (χ2v) is 5.49. The average molecular weight is 269 g/mol. The van der Waals surface area contributed by atoms with Crippen LogP contribution in [0, 0.1) is 6.92 Å². The van der Waals surface area contributed by atoms with Crippen molar-refractivity contribution >= 4 is 17.3 Å². The van der Waals surface area contributed by atoms with Gasteiger partial charge in [0.15, 0.2) is 0 Å². The molecule has 0 aromatic heterocycles. The number of nitrogens with zero attached hydrogens (tertiary/aromatic N) is 1. The molecule has 0 saturated carbocycles. The lowest BCUT2D eigenvalue weighted by Crippen LogP contribution is -2.42. The third-order valence-electron chi connectivity index (χ3n) is 3.65. The maximum atomic E-state index is 9.38. The number of benzene rings is 1. The standard InChI is InChI=1S/C14H21ClN2O/c1-10-3-4-12(15)7-14(10)17-8-13(9-18)16-6-5-11(17)2/h3-4,7,11,13,16,18H,5-6,8-9H2,1-2H3. The van der Waals surface area contributed by atoms with Crippen LogP contribution < -0.4 is 10.2 Å². The van der Waals surface area contributed by atoms with E-state index in [2.05, 4.69) is 30.1 Å². The van der Waals surface area contributed by atoms with Gasteiger partial charge in [-0.1, -0.05) is 17.7 Å². The summed E-state index contributed by atoms with van der Waals surface area (Å²) in [6.45, 7) is 6.26. The van der Waals surface area contributed by atoms with Gasteiger partial charge in [-0.05, 0) is 44.5 Å². The zero-order valence-corrected chi connectivity index (χ0v) is 11.7. The van der Waals surface area contributed by atoms with Crippen molar-refractivity contribution in [2.45, 2.75) is 32.4 Å². The first kappa shape index (κ1) is 13.7. The van der Waals surface area contributed by atoms with Gasteiger partial charge >= 0.3 is 0 Å². The Hall–Kier alpha value is -0.770. The molecule has 1 aliphatic rings. The van der Waals surface area contributed by atoms with E-state index in [1.807, 2.05) is 12.1 Å². The van der Waals surface area contributed by atoms with Crippen LogP contribution in [0.2, 0.25) is 5.02 Å². The number of hydrogen-bond donors (Lipinski definition) is 2. The molecule has 18 heavy (non-hydrogen) atoms. The molecular formula is C14H21ClN2O. The van der Waals surface area contributed by atoms with Crippen LogP contribution in [0.15, 0.2) is 18.2 Å². The van der Waals surface area contributed by atoms with Crippen molar-refractivity contribution in [2.24, 2.45) is 0 Å². The molecule has 0 amide bonds. The van der Waals surface area contributed by atoms with E-state index in [0.29, 0.717) is 6.04 Å². The first-order valence-corrected chi connectivity index (χ1v) is 6.86. The molecule has 4 heteroatoms. The second-order valence-electron chi connectivity index (χ2n) is 5.05. The molecule has 1 aromatic carbocycles. The molecule has 0 aliphatic carbocycles. The number of aryl methyl sites for hydroxylation is 1. The number of rotatable bonds is 2. The smallest absolute Gasteiger partial charge is 0.0601 e. The van der Waals surface area contributed by atoms with E-state index in [4.69, 9.17) is 11.6 Å². The molecule has 2 unspecified atom stereocenters. The number of halogens is 1. The fourth-order valence-electron chi connectivity index (χ4n) is 2.48. The Morgan fingerprint density at radius 3 is 3.00 bits per heavy atom. The normalized spacial score (nSPS) is 25.0. The Balaban J connectivity index is 2.30. The monoisotopic (exact) mass is 268 g/mol. The van der Waals surface area contributed by atoms with Crippen LogP contribution in [-0.2, 0) is 0 Å². The highest BCUT2D eigenvalue weighted by Crippen LogP contribution is 2.27. The molecule has 2 N–H and O–H groups in total. The first-order chi connectivity index (χ1) is 8.61. The molecule has 1 aromatic rings. The zero-order chi connectivity index (χ0) is 13.1. The summed E-state index contributed by atoms with van der Waals surface area (Å²) < 4.78 is 0. The Morgan fingerprint density at radius 2 is 2.28 bits per heavy atom. The van der Waals surface area contributed by atoms with E-state index in [1.54, 1.807) is 0 Å². The second kappa shape index (κ2) is 5.91. The van der Waals surface area contributed by atoms with Gasteiger partial charge in [0.2, 0.25) is 0 Å². The number of aliphatic hydroxyl groups excluding tert-OH is 1. The van der Waals surface area contributed by atoms with Crippen molar-refractivity contribution in [3.63, 3.8) is 0 Å². The van der Waals surface area contributed by atoms with Crippen LogP contribution in [-0.4, -0.2) is 36.9 Å². The van der Waals surface area contributed by atoms with E-state index in [0.717, 1.165) is 24.5 Å². The molecule has 100 valence electrons. The Kier molecular flexibility index (Phi) is 4.49. The molecule has 0 radical (unpaired) electrons. The van der Waals surface area contributed by atoms with Crippen molar-refractivity contribution in [3.8, 4) is 0 Å². The summed E-state index contributed by atoms with van der Waals surface area (Å²) in [7, 11) is 0. The Bertz CT molecular complexity index is 411. The quantitative estimate of drug-likeness (QED) is 0.863. The molecule has 1 saturated heterocycles. The summed E-state index contributed by atoms with van der Waals surface area (Å²) in [5.41, 5.74) is 2.40. The van der Waals surface area contributed by atoms with Gasteiger partial charge in [-0.3, -0.25) is 0 Å². The van der Waals surface area contributed by atoms with Crippen LogP contribution in [0.1, 0.15) is 18.9 Å². The fourth-order valence-corrected chi connectivity index (χ4v) is 2.65. The maximum absolute atomic E-state index is 9.38. The number of hydrogen-bond acceptors (Lipinski definition) is 3. The van der Waals surface area contributed by atoms with Crippen molar-refractivity contribution in [1.29, 1.82) is 0 Å². The number of nitrogens with one attached hydrogen (secondary N) is 1. The van der Waals surface area contributed by atoms with Crippen LogP contribution in [0.25, 0.3) is 0 Å². The lowest BCUT2D eigenvalue weighted by molar-refractivity contribution is 0.248. The Morgan fingerprint density at radius 1 is 1.50 bits per heavy atom. The van der Waals surface area contributed by atoms with Gasteiger partial charge in [-0.15, -0.1) is 0 Å². The SMILES string of the molecule is Cc1ccc(Cl)cc1N1CC(CO)NCCC1C. The molecule has 1 aliphatic heterocycles. The highest BCUT2D eigenvalue weighted by atomic mass is 35.5. The largest absolute Gasteiger partial charge is 0.395 e. The summed E-state index contributed by atoms with van der Waals surface area (Å²) in [6, 6.07) is 6.58. The summed E-state index contributed by atoms with van der Waals surface area (Å²) in [5.74, 6) is 0. The van der Waals surface area contributed by atoms with Gasteiger partial charge in [0.1, 0.15) is 0 Å². The molecule has 2 atom stereocenters. The highest BCUT2D eigenvalue weighted by molar-refractivity contribution is 6.30. The molecule has 3 nitrogen and oxygen atoms in total. The van der Waals surface area contributed by atoms with E-state index in [9.17, 15) is 5.11 Å². The van der Waals surface area contributed by atoms with Crippen molar-refractivity contribution in [1.82, 2.24) is 5.32 Å². The maximum Gasteiger partial charge on any atom is 0.0601 e. The zero-order valence-electron chi connectivity index (χ0n) is 11.0. The van der Waals surface area contributed by atoms with Crippen molar-refractivity contribution in [2.75, 3.05) is 24.6 Å². The number of anilines is 1. The molecule has 1 heterocycles. The minimum atomic E-state index is 0.133. The third kappa shape index (κ3) is 2.97. The van der Waals surface area contributed by atoms with Crippen molar-refractivity contribution < 1.29 is 5.11 Å². The van der Waals surface area contributed by atoms with Gasteiger partial charge in [0.25, 0.3) is 0 Å². The summed E-state index contributed by atoms with van der Waals surface area (Å²) >= 11 is 6.10. The topological polar surface area (TPSA) is 35.5 Å². The minimum absolute atomic E-state index is 0.133. The lowest BCUT2D eigenvalue weighted by atomic mass is 10.1. The highest BCUT2D eigenvalue weighted by Gasteiger charge is 2.23. The van der Waals surface area contributed by atoms with Crippen LogP contribution in [0.5, 0.6) is 0 Å². The lowest BCUT2D eigenvalue weighted by Gasteiger charge is -2.32. The van der Waals surface area contributed by atoms with Gasteiger partial charge < -0.3 is 15.3 Å². The van der Waals surface area contributed by atoms with Crippen molar-refractivity contribution in [3.05, 3.63) is 28.8 Å². The van der Waals surface area contributed by atoms with Gasteiger partial charge in [0.05, 0.1) is 6.61 Å². The van der Waals surface area contributed by atoms with E-state index in [-0.39, 0.29) is 12.6 Å². The van der Waals surface area contributed by atoms with Crippen LogP contribution >= 0.6 is 11.6 Å². The summed E-state index contributed by atoms with van der Waals surface area (Å²) in [4.78, 5) is 2.35. The molecule has 0 bridgehead atoms. The first-order valence-electron chi connectivity index (χ1n) is 6.49. The van der Waals surface area contributed by atoms with Gasteiger partial charge in [0, 0.05) is 29.3 Å². The third-order valence-corrected chi connectivity index (χ3v) is 3.88. The summed E-state index contributed by atoms with van der Waals surface area (Å²) in [5, 5.41) is 13.5. The van der Waals surface area contributed by atoms with Crippen LogP contribution in [0.4, 0.5) is 5.69 Å². The average Bonchev–Trinajstić information content (AvgIpc) is 2.54.